The van der Waals surface area contributed by atoms with Crippen LogP contribution in [0.15, 0.2) is 24.8 Å². The summed E-state index contributed by atoms with van der Waals surface area (Å²) >= 11 is 0. The Morgan fingerprint density at radius 2 is 2.22 bits per heavy atom. The Kier molecular flexibility index (Phi) is 5.29. The van der Waals surface area contributed by atoms with Crippen molar-refractivity contribution in [3.63, 3.8) is 0 Å². The maximum absolute atomic E-state index is 3.67. The molecule has 0 radical (unpaired) electrons. The number of rotatable bonds is 4. The summed E-state index contributed by atoms with van der Waals surface area (Å²) in [5.74, 6) is 0.669. The highest BCUT2D eigenvalue weighted by atomic mass is 13.9. The van der Waals surface area contributed by atoms with Crippen LogP contribution >= 0.6 is 0 Å². The molecule has 0 fully saturated rings. The number of allylic oxidation sites excluding steroid dienone is 3. The van der Waals surface area contributed by atoms with Crippen LogP contribution in [0, 0.1) is 5.92 Å². The molecular formula is C9H16. The predicted octanol–water partition coefficient (Wildman–Crippen LogP) is 3.16. The molecule has 0 spiro atoms. The minimum Gasteiger partial charge on any atom is -0.103 e. The zero-order valence-corrected chi connectivity index (χ0v) is 6.43. The van der Waals surface area contributed by atoms with Gasteiger partial charge >= 0.3 is 0 Å². The quantitative estimate of drug-likeness (QED) is 0.505. The van der Waals surface area contributed by atoms with Gasteiger partial charge in [-0.25, -0.2) is 0 Å². The molecule has 0 nitrogen and oxygen atoms in total. The summed E-state index contributed by atoms with van der Waals surface area (Å²) in [5, 5.41) is 0. The van der Waals surface area contributed by atoms with Crippen LogP contribution in [0.1, 0.15) is 26.7 Å². The lowest BCUT2D eigenvalue weighted by Gasteiger charge is -1.98. The van der Waals surface area contributed by atoms with E-state index in [2.05, 4.69) is 32.6 Å². The van der Waals surface area contributed by atoms with Gasteiger partial charge in [-0.2, -0.15) is 0 Å². The molecular weight excluding hydrogens is 108 g/mol. The first kappa shape index (κ1) is 8.48. The van der Waals surface area contributed by atoms with Crippen molar-refractivity contribution in [2.45, 2.75) is 26.7 Å². The lowest BCUT2D eigenvalue weighted by molar-refractivity contribution is 0.742. The molecule has 0 bridgehead atoms. The van der Waals surface area contributed by atoms with Crippen LogP contribution in [0.2, 0.25) is 0 Å². The minimum atomic E-state index is 0.669. The molecule has 52 valence electrons. The average molecular weight is 124 g/mol. The third-order valence-corrected chi connectivity index (χ3v) is 1.24. The SMILES string of the molecule is C=CCC(C)/C=C\CC. The Balaban J connectivity index is 3.35. The van der Waals surface area contributed by atoms with E-state index in [0.29, 0.717) is 5.92 Å². The van der Waals surface area contributed by atoms with E-state index in [1.807, 2.05) is 6.08 Å². The van der Waals surface area contributed by atoms with Crippen LogP contribution in [0.5, 0.6) is 0 Å². The van der Waals surface area contributed by atoms with E-state index in [9.17, 15) is 0 Å². The molecule has 0 aliphatic carbocycles. The number of hydrogen-bond acceptors (Lipinski definition) is 0. The van der Waals surface area contributed by atoms with Crippen LogP contribution in [0.4, 0.5) is 0 Å². The van der Waals surface area contributed by atoms with Crippen LogP contribution in [0.3, 0.4) is 0 Å². The Labute approximate surface area is 58.3 Å². The zero-order valence-electron chi connectivity index (χ0n) is 6.43. The molecule has 0 aromatic rings. The minimum absolute atomic E-state index is 0.669. The van der Waals surface area contributed by atoms with E-state index in [0.717, 1.165) is 12.8 Å². The van der Waals surface area contributed by atoms with Gasteiger partial charge in [-0.3, -0.25) is 0 Å². The molecule has 0 aliphatic rings. The van der Waals surface area contributed by atoms with Gasteiger partial charge in [-0.1, -0.05) is 32.1 Å². The topological polar surface area (TPSA) is 0 Å². The molecule has 0 amide bonds. The summed E-state index contributed by atoms with van der Waals surface area (Å²) in [7, 11) is 0. The molecule has 0 aliphatic heterocycles. The van der Waals surface area contributed by atoms with Gasteiger partial charge in [0.1, 0.15) is 0 Å². The molecule has 0 aromatic heterocycles. The summed E-state index contributed by atoms with van der Waals surface area (Å²) in [5.41, 5.74) is 0. The van der Waals surface area contributed by atoms with Gasteiger partial charge in [-0.05, 0) is 18.8 Å². The monoisotopic (exact) mass is 124 g/mol. The zero-order chi connectivity index (χ0) is 7.11. The van der Waals surface area contributed by atoms with Gasteiger partial charge in [0, 0.05) is 0 Å². The Bertz CT molecular complexity index is 90.2. The smallest absolute Gasteiger partial charge is 0.0227 e. The first-order valence-electron chi connectivity index (χ1n) is 3.58. The average Bonchev–Trinajstić information content (AvgIpc) is 1.85. The standard InChI is InChI=1S/C9H16/c1-4-6-8-9(3)7-5-2/h5-6,8-9H,2,4,7H2,1,3H3/b8-6-. The molecule has 0 rings (SSSR count). The molecule has 0 aromatic carbocycles. The third-order valence-electron chi connectivity index (χ3n) is 1.24. The van der Waals surface area contributed by atoms with Crippen LogP contribution in [0.25, 0.3) is 0 Å². The van der Waals surface area contributed by atoms with Gasteiger partial charge < -0.3 is 0 Å². The second-order valence-electron chi connectivity index (χ2n) is 2.34. The molecule has 0 saturated heterocycles. The van der Waals surface area contributed by atoms with Gasteiger partial charge in [0.25, 0.3) is 0 Å². The fourth-order valence-electron chi connectivity index (χ4n) is 0.710. The first-order chi connectivity index (χ1) is 4.31. The summed E-state index contributed by atoms with van der Waals surface area (Å²) in [6, 6.07) is 0. The fraction of sp³-hybridized carbons (Fsp3) is 0.556. The highest BCUT2D eigenvalue weighted by Gasteiger charge is 1.89. The van der Waals surface area contributed by atoms with Crippen LogP contribution in [-0.2, 0) is 0 Å². The predicted molar refractivity (Wildman–Crippen MR) is 43.4 cm³/mol. The van der Waals surface area contributed by atoms with Crippen molar-refractivity contribution in [1.82, 2.24) is 0 Å². The fourth-order valence-corrected chi connectivity index (χ4v) is 0.710. The maximum Gasteiger partial charge on any atom is -0.0227 e. The van der Waals surface area contributed by atoms with Gasteiger partial charge in [0.2, 0.25) is 0 Å². The van der Waals surface area contributed by atoms with E-state index in [1.54, 1.807) is 0 Å². The van der Waals surface area contributed by atoms with Crippen LogP contribution in [-0.4, -0.2) is 0 Å². The van der Waals surface area contributed by atoms with E-state index in [-0.39, 0.29) is 0 Å². The Morgan fingerprint density at radius 1 is 1.56 bits per heavy atom. The molecule has 9 heavy (non-hydrogen) atoms. The molecule has 0 N–H and O–H groups in total. The van der Waals surface area contributed by atoms with Crippen molar-refractivity contribution in [3.8, 4) is 0 Å². The van der Waals surface area contributed by atoms with Crippen molar-refractivity contribution in [3.05, 3.63) is 24.8 Å². The molecule has 0 heteroatoms. The van der Waals surface area contributed by atoms with E-state index in [1.165, 1.54) is 0 Å². The van der Waals surface area contributed by atoms with Crippen molar-refractivity contribution < 1.29 is 0 Å². The molecule has 0 saturated carbocycles. The lowest BCUT2D eigenvalue weighted by Crippen LogP contribution is -1.84. The highest BCUT2D eigenvalue weighted by Crippen LogP contribution is 2.03. The van der Waals surface area contributed by atoms with Crippen molar-refractivity contribution in [2.75, 3.05) is 0 Å². The highest BCUT2D eigenvalue weighted by molar-refractivity contribution is 4.88. The first-order valence-corrected chi connectivity index (χ1v) is 3.58. The van der Waals surface area contributed by atoms with Crippen molar-refractivity contribution >= 4 is 0 Å². The van der Waals surface area contributed by atoms with E-state index >= 15 is 0 Å². The largest absolute Gasteiger partial charge is 0.103 e. The maximum atomic E-state index is 3.67. The molecule has 1 unspecified atom stereocenters. The number of hydrogen-bond donors (Lipinski definition) is 0. The van der Waals surface area contributed by atoms with Crippen molar-refractivity contribution in [2.24, 2.45) is 5.92 Å². The van der Waals surface area contributed by atoms with Crippen molar-refractivity contribution in [1.29, 1.82) is 0 Å². The second kappa shape index (κ2) is 5.61. The van der Waals surface area contributed by atoms with Crippen LogP contribution < -0.4 is 0 Å². The molecule has 0 heterocycles. The summed E-state index contributed by atoms with van der Waals surface area (Å²) in [6.07, 6.45) is 8.64. The van der Waals surface area contributed by atoms with Gasteiger partial charge in [0.15, 0.2) is 0 Å². The second-order valence-corrected chi connectivity index (χ2v) is 2.34. The molecule has 1 atom stereocenters. The summed E-state index contributed by atoms with van der Waals surface area (Å²) in [6.45, 7) is 8.03. The summed E-state index contributed by atoms with van der Waals surface area (Å²) < 4.78 is 0. The van der Waals surface area contributed by atoms with Gasteiger partial charge in [-0.15, -0.1) is 6.58 Å². The third kappa shape index (κ3) is 5.35. The van der Waals surface area contributed by atoms with E-state index < -0.39 is 0 Å². The summed E-state index contributed by atoms with van der Waals surface area (Å²) in [4.78, 5) is 0. The normalized spacial score (nSPS) is 14.0. The lowest BCUT2D eigenvalue weighted by atomic mass is 10.1. The van der Waals surface area contributed by atoms with Gasteiger partial charge in [0.05, 0.1) is 0 Å². The van der Waals surface area contributed by atoms with E-state index in [4.69, 9.17) is 0 Å². The Hall–Kier alpha value is -0.520. The Morgan fingerprint density at radius 3 is 2.67 bits per heavy atom.